The summed E-state index contributed by atoms with van der Waals surface area (Å²) in [5.41, 5.74) is 1.74. The molecule has 7 nitrogen and oxygen atoms in total. The third-order valence-corrected chi connectivity index (χ3v) is 8.10. The minimum absolute atomic E-state index is 0.0000190. The predicted molar refractivity (Wildman–Crippen MR) is 133 cm³/mol. The Morgan fingerprint density at radius 3 is 2.33 bits per heavy atom. The van der Waals surface area contributed by atoms with E-state index in [1.807, 2.05) is 12.1 Å². The zero-order valence-corrected chi connectivity index (χ0v) is 21.0. The average molecular weight is 551 g/mol. The fraction of sp³-hybridized carbons (Fsp3) is 0.200. The SMILES string of the molecule is O=C(O)[C@H](Cc1ccc(F)cc1)N(C(=O)C1NCCc2ccccc21)S(=O)(=O)c1cc(Cl)cc(Cl)c1. The van der Waals surface area contributed by atoms with E-state index in [1.54, 1.807) is 12.1 Å². The molecular weight excluding hydrogens is 530 g/mol. The van der Waals surface area contributed by atoms with Crippen molar-refractivity contribution < 1.29 is 27.5 Å². The number of fused-ring (bicyclic) bond motifs is 1. The number of sulfonamides is 1. The van der Waals surface area contributed by atoms with Crippen molar-refractivity contribution in [2.45, 2.75) is 29.8 Å². The quantitative estimate of drug-likeness (QED) is 0.456. The minimum atomic E-state index is -4.75. The van der Waals surface area contributed by atoms with Gasteiger partial charge in [-0.25, -0.2) is 21.9 Å². The molecule has 0 fully saturated rings. The lowest BCUT2D eigenvalue weighted by Gasteiger charge is -2.34. The molecule has 11 heteroatoms. The monoisotopic (exact) mass is 550 g/mol. The van der Waals surface area contributed by atoms with Crippen molar-refractivity contribution in [3.8, 4) is 0 Å². The summed E-state index contributed by atoms with van der Waals surface area (Å²) >= 11 is 12.1. The topological polar surface area (TPSA) is 104 Å². The van der Waals surface area contributed by atoms with Crippen molar-refractivity contribution in [2.24, 2.45) is 0 Å². The molecule has 36 heavy (non-hydrogen) atoms. The molecule has 0 radical (unpaired) electrons. The van der Waals surface area contributed by atoms with Gasteiger partial charge in [0.25, 0.3) is 15.9 Å². The number of rotatable bonds is 7. The van der Waals surface area contributed by atoms with Crippen molar-refractivity contribution in [3.63, 3.8) is 0 Å². The molecule has 1 unspecified atom stereocenters. The second-order valence-corrected chi connectivity index (χ2v) is 11.0. The largest absolute Gasteiger partial charge is 0.480 e. The lowest BCUT2D eigenvalue weighted by Crippen LogP contribution is -2.54. The number of carbonyl (C=O) groups is 2. The predicted octanol–water partition coefficient (Wildman–Crippen LogP) is 4.23. The van der Waals surface area contributed by atoms with Gasteiger partial charge >= 0.3 is 5.97 Å². The van der Waals surface area contributed by atoms with E-state index in [1.165, 1.54) is 18.2 Å². The summed E-state index contributed by atoms with van der Waals surface area (Å²) in [6, 6.07) is 12.6. The number of hydrogen-bond acceptors (Lipinski definition) is 5. The molecule has 188 valence electrons. The minimum Gasteiger partial charge on any atom is -0.480 e. The maximum Gasteiger partial charge on any atom is 0.328 e. The third-order valence-electron chi connectivity index (χ3n) is 5.88. The Bertz CT molecular complexity index is 1400. The van der Waals surface area contributed by atoms with Crippen LogP contribution in [-0.4, -0.2) is 42.3 Å². The number of nitrogens with zero attached hydrogens (tertiary/aromatic N) is 1. The van der Waals surface area contributed by atoms with Crippen LogP contribution in [0.5, 0.6) is 0 Å². The van der Waals surface area contributed by atoms with E-state index in [2.05, 4.69) is 5.32 Å². The summed E-state index contributed by atoms with van der Waals surface area (Å²) in [6.07, 6.45) is 0.234. The number of aliphatic carboxylic acids is 1. The molecule has 0 bridgehead atoms. The molecule has 3 aromatic carbocycles. The second-order valence-electron chi connectivity index (χ2n) is 8.26. The summed E-state index contributed by atoms with van der Waals surface area (Å²) in [5.74, 6) is -3.05. The number of carbonyl (C=O) groups excluding carboxylic acids is 1. The molecule has 2 atom stereocenters. The van der Waals surface area contributed by atoms with E-state index in [4.69, 9.17) is 23.2 Å². The van der Waals surface area contributed by atoms with Crippen molar-refractivity contribution in [2.75, 3.05) is 6.54 Å². The van der Waals surface area contributed by atoms with Crippen LogP contribution in [0.2, 0.25) is 10.0 Å². The smallest absolute Gasteiger partial charge is 0.328 e. The number of halogens is 3. The first-order valence-electron chi connectivity index (χ1n) is 10.9. The van der Waals surface area contributed by atoms with E-state index >= 15 is 0 Å². The van der Waals surface area contributed by atoms with Gasteiger partial charge in [-0.3, -0.25) is 4.79 Å². The molecule has 0 spiro atoms. The normalized spacial score (nSPS) is 16.1. The Balaban J connectivity index is 1.86. The fourth-order valence-corrected chi connectivity index (χ4v) is 6.47. The first-order valence-corrected chi connectivity index (χ1v) is 13.1. The molecular formula is C25H21Cl2FN2O5S. The first kappa shape index (κ1) is 26.1. The van der Waals surface area contributed by atoms with Gasteiger partial charge in [-0.05, 0) is 53.4 Å². The zero-order chi connectivity index (χ0) is 26.0. The summed E-state index contributed by atoms with van der Waals surface area (Å²) in [5, 5.41) is 13.1. The first-order chi connectivity index (χ1) is 17.1. The fourth-order valence-electron chi connectivity index (χ4n) is 4.20. The van der Waals surface area contributed by atoms with Crippen molar-refractivity contribution in [1.29, 1.82) is 0 Å². The highest BCUT2D eigenvalue weighted by Gasteiger charge is 2.44. The van der Waals surface area contributed by atoms with Crippen LogP contribution in [0.3, 0.4) is 0 Å². The van der Waals surface area contributed by atoms with E-state index in [-0.39, 0.29) is 16.5 Å². The van der Waals surface area contributed by atoms with Crippen LogP contribution in [-0.2, 0) is 32.5 Å². The molecule has 1 aliphatic heterocycles. The molecule has 0 aliphatic carbocycles. The van der Waals surface area contributed by atoms with Gasteiger partial charge in [0, 0.05) is 23.0 Å². The number of carboxylic acid groups (broad SMARTS) is 1. The second kappa shape index (κ2) is 10.6. The van der Waals surface area contributed by atoms with Gasteiger partial charge in [-0.1, -0.05) is 59.6 Å². The van der Waals surface area contributed by atoms with Gasteiger partial charge in [0.15, 0.2) is 0 Å². The van der Waals surface area contributed by atoms with E-state index in [9.17, 15) is 27.5 Å². The summed E-state index contributed by atoms with van der Waals surface area (Å²) < 4.78 is 41.5. The maximum atomic E-state index is 13.9. The van der Waals surface area contributed by atoms with Gasteiger partial charge in [-0.15, -0.1) is 0 Å². The molecule has 1 amide bonds. The average Bonchev–Trinajstić information content (AvgIpc) is 2.83. The van der Waals surface area contributed by atoms with Crippen LogP contribution >= 0.6 is 23.2 Å². The van der Waals surface area contributed by atoms with Crippen LogP contribution in [0.1, 0.15) is 22.7 Å². The van der Waals surface area contributed by atoms with Crippen LogP contribution < -0.4 is 5.32 Å². The van der Waals surface area contributed by atoms with Crippen molar-refractivity contribution in [3.05, 3.63) is 99.3 Å². The Morgan fingerprint density at radius 2 is 1.69 bits per heavy atom. The highest BCUT2D eigenvalue weighted by molar-refractivity contribution is 7.89. The number of benzene rings is 3. The summed E-state index contributed by atoms with van der Waals surface area (Å²) in [6.45, 7) is 0.389. The van der Waals surface area contributed by atoms with Crippen LogP contribution in [0.25, 0.3) is 0 Å². The van der Waals surface area contributed by atoms with Gasteiger partial charge in [-0.2, -0.15) is 0 Å². The van der Waals surface area contributed by atoms with E-state index < -0.39 is 44.7 Å². The Kier molecular flexibility index (Phi) is 7.65. The number of amides is 1. The lowest BCUT2D eigenvalue weighted by atomic mass is 9.93. The van der Waals surface area contributed by atoms with Crippen molar-refractivity contribution >= 4 is 45.1 Å². The molecule has 0 saturated heterocycles. The highest BCUT2D eigenvalue weighted by Crippen LogP contribution is 2.31. The Hall–Kier alpha value is -2.98. The number of carboxylic acids is 1. The molecule has 1 heterocycles. The Morgan fingerprint density at radius 1 is 1.06 bits per heavy atom. The summed E-state index contributed by atoms with van der Waals surface area (Å²) in [4.78, 5) is 26.0. The zero-order valence-electron chi connectivity index (χ0n) is 18.7. The molecule has 0 saturated carbocycles. The Labute approximate surface area is 217 Å². The van der Waals surface area contributed by atoms with Gasteiger partial charge in [0.2, 0.25) is 0 Å². The van der Waals surface area contributed by atoms with Crippen molar-refractivity contribution in [1.82, 2.24) is 9.62 Å². The van der Waals surface area contributed by atoms with Crippen LogP contribution in [0, 0.1) is 5.82 Å². The third kappa shape index (κ3) is 5.39. The van der Waals surface area contributed by atoms with Crippen LogP contribution in [0.4, 0.5) is 4.39 Å². The van der Waals surface area contributed by atoms with Crippen LogP contribution in [0.15, 0.2) is 71.6 Å². The number of nitrogens with one attached hydrogen (secondary N) is 1. The standard InChI is InChI=1S/C25H21Cl2FN2O5S/c26-17-12-18(27)14-20(13-17)36(34,35)30(22(25(32)33)11-15-5-7-19(28)8-6-15)24(31)23-21-4-2-1-3-16(21)9-10-29-23/h1-8,12-14,22-23,29H,9-11H2,(H,32,33)/t22-,23?/m0/s1. The van der Waals surface area contributed by atoms with E-state index in [0.717, 1.165) is 29.8 Å². The summed E-state index contributed by atoms with van der Waals surface area (Å²) in [7, 11) is -4.75. The van der Waals surface area contributed by atoms with Gasteiger partial charge in [0.1, 0.15) is 17.9 Å². The highest BCUT2D eigenvalue weighted by atomic mass is 35.5. The molecule has 1 aliphatic rings. The number of hydrogen-bond donors (Lipinski definition) is 2. The molecule has 0 aromatic heterocycles. The van der Waals surface area contributed by atoms with Gasteiger partial charge < -0.3 is 10.4 Å². The molecule has 2 N–H and O–H groups in total. The lowest BCUT2D eigenvalue weighted by molar-refractivity contribution is -0.146. The van der Waals surface area contributed by atoms with Gasteiger partial charge in [0.05, 0.1) is 4.90 Å². The maximum absolute atomic E-state index is 13.9. The van der Waals surface area contributed by atoms with E-state index in [0.29, 0.717) is 28.4 Å². The molecule has 4 rings (SSSR count). The molecule has 3 aromatic rings.